The van der Waals surface area contributed by atoms with E-state index >= 15 is 0 Å². The van der Waals surface area contributed by atoms with Gasteiger partial charge < -0.3 is 4.74 Å². The summed E-state index contributed by atoms with van der Waals surface area (Å²) in [6.45, 7) is -0.410. The molecule has 50 valence electrons. The summed E-state index contributed by atoms with van der Waals surface area (Å²) >= 11 is 0. The Kier molecular flexibility index (Phi) is 12.4. The Morgan fingerprint density at radius 2 is 1.62 bits per heavy atom. The number of rotatable bonds is 1. The molecule has 1 nitrogen and oxygen atoms in total. The largest absolute Gasteiger partial charge is 0.505 e. The number of ether oxygens (including phenoxy) is 1. The summed E-state index contributed by atoms with van der Waals surface area (Å²) in [7, 11) is 1.56. The van der Waals surface area contributed by atoms with Crippen molar-refractivity contribution in [3.8, 4) is 0 Å². The van der Waals surface area contributed by atoms with Crippen molar-refractivity contribution < 1.29 is 17.9 Å². The zero-order valence-electron chi connectivity index (χ0n) is 4.40. The molecular weight excluding hydrogens is 121 g/mol. The van der Waals surface area contributed by atoms with Gasteiger partial charge in [-0.2, -0.15) is 13.2 Å². The number of hydrogen-bond acceptors (Lipinski definition) is 1. The topological polar surface area (TPSA) is 9.23 Å². The van der Waals surface area contributed by atoms with Crippen LogP contribution in [0.25, 0.3) is 0 Å². The van der Waals surface area contributed by atoms with Crippen LogP contribution in [-0.4, -0.2) is 13.8 Å². The van der Waals surface area contributed by atoms with Gasteiger partial charge in [0.05, 0.1) is 13.4 Å². The SMILES string of the molecule is C=COC.FC(F)F. The smallest absolute Gasteiger partial charge is 0.379 e. The van der Waals surface area contributed by atoms with Crippen molar-refractivity contribution in [2.24, 2.45) is 0 Å². The van der Waals surface area contributed by atoms with Crippen molar-refractivity contribution in [1.29, 1.82) is 0 Å². The van der Waals surface area contributed by atoms with Gasteiger partial charge in [0.25, 0.3) is 0 Å². The van der Waals surface area contributed by atoms with Crippen LogP contribution in [0.1, 0.15) is 0 Å². The van der Waals surface area contributed by atoms with Crippen molar-refractivity contribution in [1.82, 2.24) is 0 Å². The first kappa shape index (κ1) is 10.3. The van der Waals surface area contributed by atoms with E-state index in [1.165, 1.54) is 6.26 Å². The van der Waals surface area contributed by atoms with Crippen LogP contribution in [0.2, 0.25) is 0 Å². The molecule has 0 saturated carbocycles. The molecule has 0 aromatic carbocycles. The van der Waals surface area contributed by atoms with E-state index in [1.807, 2.05) is 0 Å². The second-order valence-electron chi connectivity index (χ2n) is 0.650. The van der Waals surface area contributed by atoms with E-state index in [-0.39, 0.29) is 0 Å². The van der Waals surface area contributed by atoms with Crippen LogP contribution in [0.15, 0.2) is 12.8 Å². The summed E-state index contributed by atoms with van der Waals surface area (Å²) in [5, 5.41) is 0. The van der Waals surface area contributed by atoms with Crippen LogP contribution in [0.5, 0.6) is 0 Å². The highest BCUT2D eigenvalue weighted by Gasteiger charge is 1.86. The fourth-order valence-electron chi connectivity index (χ4n) is 0. The summed E-state index contributed by atoms with van der Waals surface area (Å²) in [6, 6.07) is 0. The van der Waals surface area contributed by atoms with Gasteiger partial charge in [-0.25, -0.2) is 0 Å². The first-order valence-corrected chi connectivity index (χ1v) is 1.71. The molecule has 0 spiro atoms. The third-order valence-corrected chi connectivity index (χ3v) is 0.167. The molecule has 8 heavy (non-hydrogen) atoms. The highest BCUT2D eigenvalue weighted by molar-refractivity contribution is 4.43. The van der Waals surface area contributed by atoms with Gasteiger partial charge in [-0.05, 0) is 0 Å². The van der Waals surface area contributed by atoms with Gasteiger partial charge in [0, 0.05) is 0 Å². The molecule has 0 aliphatic carbocycles. The van der Waals surface area contributed by atoms with Crippen molar-refractivity contribution >= 4 is 0 Å². The van der Waals surface area contributed by atoms with Gasteiger partial charge in [0.1, 0.15) is 0 Å². The Morgan fingerprint density at radius 3 is 1.62 bits per heavy atom. The predicted octanol–water partition coefficient (Wildman–Crippen LogP) is 1.95. The fourth-order valence-corrected chi connectivity index (χ4v) is 0. The maximum atomic E-state index is 9.67. The molecule has 0 rings (SSSR count). The highest BCUT2D eigenvalue weighted by atomic mass is 19.4. The summed E-state index contributed by atoms with van der Waals surface area (Å²) < 4.78 is 33.3. The monoisotopic (exact) mass is 128 g/mol. The molecule has 0 fully saturated rings. The molecule has 0 amide bonds. The highest BCUT2D eigenvalue weighted by Crippen LogP contribution is 1.87. The molecule has 4 heteroatoms. The van der Waals surface area contributed by atoms with Crippen LogP contribution < -0.4 is 0 Å². The third kappa shape index (κ3) is 918. The molecule has 0 aliphatic heterocycles. The van der Waals surface area contributed by atoms with Crippen molar-refractivity contribution in [2.75, 3.05) is 7.11 Å². The minimum Gasteiger partial charge on any atom is -0.505 e. The zero-order chi connectivity index (χ0) is 6.99. The Labute approximate surface area is 45.8 Å². The van der Waals surface area contributed by atoms with Gasteiger partial charge in [-0.1, -0.05) is 6.58 Å². The van der Waals surface area contributed by atoms with Crippen LogP contribution in [0, 0.1) is 0 Å². The lowest BCUT2D eigenvalue weighted by Gasteiger charge is -1.73. The molecule has 0 aliphatic rings. The molecule has 0 N–H and O–H groups in total. The molecule has 0 atom stereocenters. The van der Waals surface area contributed by atoms with E-state index in [4.69, 9.17) is 0 Å². The molecule has 0 aromatic heterocycles. The van der Waals surface area contributed by atoms with Gasteiger partial charge in [0.15, 0.2) is 0 Å². The Balaban J connectivity index is 0. The summed E-state index contributed by atoms with van der Waals surface area (Å²) in [4.78, 5) is 0. The van der Waals surface area contributed by atoms with Crippen molar-refractivity contribution in [3.05, 3.63) is 12.8 Å². The second-order valence-corrected chi connectivity index (χ2v) is 0.650. The van der Waals surface area contributed by atoms with Crippen LogP contribution in [0.3, 0.4) is 0 Å². The van der Waals surface area contributed by atoms with Crippen molar-refractivity contribution in [2.45, 2.75) is 6.68 Å². The van der Waals surface area contributed by atoms with Gasteiger partial charge in [0.2, 0.25) is 0 Å². The van der Waals surface area contributed by atoms with E-state index in [2.05, 4.69) is 11.3 Å². The lowest BCUT2D eigenvalue weighted by Crippen LogP contribution is -1.65. The van der Waals surface area contributed by atoms with Gasteiger partial charge >= 0.3 is 6.68 Å². The van der Waals surface area contributed by atoms with Crippen LogP contribution in [0.4, 0.5) is 13.2 Å². The normalized spacial score (nSPS) is 7.12. The second kappa shape index (κ2) is 9.59. The fraction of sp³-hybridized carbons (Fsp3) is 0.500. The molecular formula is C4H7F3O. The Hall–Kier alpha value is -0.670. The average Bonchev–Trinajstić information content (AvgIpc) is 1.65. The van der Waals surface area contributed by atoms with Crippen LogP contribution >= 0.6 is 0 Å². The number of methoxy groups -OCH3 is 1. The molecule has 0 saturated heterocycles. The van der Waals surface area contributed by atoms with Gasteiger partial charge in [-0.3, -0.25) is 0 Å². The van der Waals surface area contributed by atoms with E-state index < -0.39 is 6.68 Å². The first-order valence-electron chi connectivity index (χ1n) is 1.71. The van der Waals surface area contributed by atoms with Crippen molar-refractivity contribution in [3.63, 3.8) is 0 Å². The molecule has 0 unspecified atom stereocenters. The molecule has 0 aromatic rings. The maximum absolute atomic E-state index is 9.67. The summed E-state index contributed by atoms with van der Waals surface area (Å²) in [5.41, 5.74) is 0. The lowest BCUT2D eigenvalue weighted by atomic mass is 11.2. The number of alkyl halides is 3. The Morgan fingerprint density at radius 1 is 1.50 bits per heavy atom. The first-order chi connectivity index (χ1) is 3.65. The number of halogens is 3. The predicted molar refractivity (Wildman–Crippen MR) is 24.3 cm³/mol. The number of hydrogen-bond donors (Lipinski definition) is 0. The van der Waals surface area contributed by atoms with E-state index in [0.29, 0.717) is 0 Å². The molecule has 0 bridgehead atoms. The minimum atomic E-state index is -3.67. The quantitative estimate of drug-likeness (QED) is 0.490. The lowest BCUT2D eigenvalue weighted by molar-refractivity contribution is 0.00819. The summed E-state index contributed by atoms with van der Waals surface area (Å²) in [5.74, 6) is 0. The molecule has 0 radical (unpaired) electrons. The summed E-state index contributed by atoms with van der Waals surface area (Å²) in [6.07, 6.45) is 1.38. The molecule has 0 heterocycles. The van der Waals surface area contributed by atoms with Gasteiger partial charge in [-0.15, -0.1) is 0 Å². The maximum Gasteiger partial charge on any atom is 0.379 e. The minimum absolute atomic E-state index is 1.38. The van der Waals surface area contributed by atoms with E-state index in [1.54, 1.807) is 7.11 Å². The van der Waals surface area contributed by atoms with Crippen LogP contribution in [-0.2, 0) is 4.74 Å². The Bertz CT molecular complexity index is 43.8. The van der Waals surface area contributed by atoms with E-state index in [9.17, 15) is 13.2 Å². The average molecular weight is 128 g/mol. The third-order valence-electron chi connectivity index (χ3n) is 0.167. The van der Waals surface area contributed by atoms with E-state index in [0.717, 1.165) is 0 Å². The zero-order valence-corrected chi connectivity index (χ0v) is 4.40. The standard InChI is InChI=1S/C3H6O.CHF3/c1-3-4-2;2-1(3)4/h3H,1H2,2H3;1H.